The number of benzene rings is 2. The summed E-state index contributed by atoms with van der Waals surface area (Å²) in [6, 6.07) is 15.6. The summed E-state index contributed by atoms with van der Waals surface area (Å²) in [4.78, 5) is 2.33. The second-order valence-corrected chi connectivity index (χ2v) is 8.04. The van der Waals surface area contributed by atoms with Crippen LogP contribution < -0.4 is 0 Å². The molecule has 0 bridgehead atoms. The third-order valence-corrected chi connectivity index (χ3v) is 4.50. The van der Waals surface area contributed by atoms with Gasteiger partial charge in [-0.2, -0.15) is 0 Å². The fraction of sp³-hybridized carbons (Fsp3) is 0.391. The minimum Gasteiger partial charge on any atom is -0.298 e. The molecule has 24 heavy (non-hydrogen) atoms. The molecule has 0 saturated heterocycles. The summed E-state index contributed by atoms with van der Waals surface area (Å²) in [5, 5.41) is 0. The van der Waals surface area contributed by atoms with Crippen molar-refractivity contribution in [3.8, 4) is 0 Å². The fourth-order valence-electron chi connectivity index (χ4n) is 3.10. The Hall–Kier alpha value is -1.86. The summed E-state index contributed by atoms with van der Waals surface area (Å²) in [5.74, 6) is 0. The zero-order valence-corrected chi connectivity index (χ0v) is 16.1. The smallest absolute Gasteiger partial charge is 0.0234 e. The van der Waals surface area contributed by atoms with Gasteiger partial charge in [0.25, 0.3) is 0 Å². The number of hydrogen-bond donors (Lipinski definition) is 0. The molecule has 2 rings (SSSR count). The third-order valence-electron chi connectivity index (χ3n) is 4.50. The monoisotopic (exact) mass is 321 g/mol. The minimum absolute atomic E-state index is 0.210. The van der Waals surface area contributed by atoms with Gasteiger partial charge in [0.05, 0.1) is 0 Å². The topological polar surface area (TPSA) is 3.24 Å². The van der Waals surface area contributed by atoms with E-state index in [9.17, 15) is 0 Å². The van der Waals surface area contributed by atoms with Crippen molar-refractivity contribution in [1.29, 1.82) is 0 Å². The van der Waals surface area contributed by atoms with Gasteiger partial charge in [0.1, 0.15) is 0 Å². The Morgan fingerprint density at radius 1 is 1.00 bits per heavy atom. The third kappa shape index (κ3) is 4.82. The van der Waals surface area contributed by atoms with Crippen LogP contribution in [0.5, 0.6) is 0 Å². The minimum atomic E-state index is 0.210. The van der Waals surface area contributed by atoms with Crippen molar-refractivity contribution in [3.05, 3.63) is 76.9 Å². The van der Waals surface area contributed by atoms with Gasteiger partial charge in [0.2, 0.25) is 0 Å². The summed E-state index contributed by atoms with van der Waals surface area (Å²) in [6.07, 6.45) is 0. The molecule has 0 aromatic heterocycles. The Morgan fingerprint density at radius 3 is 2.17 bits per heavy atom. The van der Waals surface area contributed by atoms with E-state index in [1.807, 2.05) is 0 Å². The van der Waals surface area contributed by atoms with Crippen molar-refractivity contribution in [2.75, 3.05) is 13.6 Å². The molecule has 0 spiro atoms. The average Bonchev–Trinajstić information content (AvgIpc) is 2.46. The molecule has 0 amide bonds. The van der Waals surface area contributed by atoms with Crippen molar-refractivity contribution >= 4 is 5.57 Å². The maximum Gasteiger partial charge on any atom is 0.0234 e. The van der Waals surface area contributed by atoms with E-state index in [4.69, 9.17) is 0 Å². The van der Waals surface area contributed by atoms with E-state index >= 15 is 0 Å². The van der Waals surface area contributed by atoms with E-state index in [0.717, 1.165) is 13.1 Å². The maximum atomic E-state index is 4.30. The molecule has 0 unspecified atom stereocenters. The van der Waals surface area contributed by atoms with Gasteiger partial charge in [-0.1, -0.05) is 75.4 Å². The molecule has 0 aliphatic heterocycles. The molecule has 128 valence electrons. The zero-order chi connectivity index (χ0) is 17.9. The molecule has 0 radical (unpaired) electrons. The first-order chi connectivity index (χ1) is 11.2. The number of aryl methyl sites for hydroxylation is 2. The Kier molecular flexibility index (Phi) is 5.66. The Bertz CT molecular complexity index is 702. The normalized spacial score (nSPS) is 11.8. The SMILES string of the molecule is C=C(CN(C)Cc1ccc(C(C)(C)C)cc1)c1ccc(C)cc1C. The predicted molar refractivity (Wildman–Crippen MR) is 106 cm³/mol. The summed E-state index contributed by atoms with van der Waals surface area (Å²) < 4.78 is 0. The van der Waals surface area contributed by atoms with Gasteiger partial charge < -0.3 is 0 Å². The number of hydrogen-bond acceptors (Lipinski definition) is 1. The molecule has 2 aromatic rings. The van der Waals surface area contributed by atoms with Crippen LogP contribution in [0.1, 0.15) is 48.6 Å². The highest BCUT2D eigenvalue weighted by molar-refractivity contribution is 5.67. The first-order valence-corrected chi connectivity index (χ1v) is 8.70. The highest BCUT2D eigenvalue weighted by Gasteiger charge is 2.13. The molecule has 1 nitrogen and oxygen atoms in total. The number of rotatable bonds is 5. The Morgan fingerprint density at radius 2 is 1.62 bits per heavy atom. The van der Waals surface area contributed by atoms with Crippen LogP contribution in [0.3, 0.4) is 0 Å². The molecule has 0 aliphatic rings. The maximum absolute atomic E-state index is 4.30. The summed E-state index contributed by atoms with van der Waals surface area (Å²) in [6.45, 7) is 17.2. The van der Waals surface area contributed by atoms with Gasteiger partial charge in [-0.05, 0) is 54.1 Å². The molecule has 0 N–H and O–H groups in total. The molecule has 1 heteroatoms. The average molecular weight is 322 g/mol. The zero-order valence-electron chi connectivity index (χ0n) is 16.1. The standard InChI is InChI=1S/C23H31N/c1-17-8-13-22(18(2)14-17)19(3)15-24(7)16-20-9-11-21(12-10-20)23(4,5)6/h8-14H,3,15-16H2,1-2,4-7H3. The lowest BCUT2D eigenvalue weighted by molar-refractivity contribution is 0.369. The van der Waals surface area contributed by atoms with Gasteiger partial charge in [-0.25, -0.2) is 0 Å². The summed E-state index contributed by atoms with van der Waals surface area (Å²) in [7, 11) is 2.16. The van der Waals surface area contributed by atoms with E-state index in [1.165, 1.54) is 33.4 Å². The van der Waals surface area contributed by atoms with Gasteiger partial charge in [0, 0.05) is 13.1 Å². The van der Waals surface area contributed by atoms with E-state index in [0.29, 0.717) is 0 Å². The lowest BCUT2D eigenvalue weighted by atomic mass is 9.87. The molecule has 0 atom stereocenters. The second-order valence-electron chi connectivity index (χ2n) is 8.04. The Labute approximate surface area is 148 Å². The lowest BCUT2D eigenvalue weighted by Gasteiger charge is -2.22. The summed E-state index contributed by atoms with van der Waals surface area (Å²) in [5.41, 5.74) is 8.01. The molecule has 0 saturated carbocycles. The van der Waals surface area contributed by atoms with Crippen LogP contribution in [0.15, 0.2) is 49.0 Å². The highest BCUT2D eigenvalue weighted by Crippen LogP contribution is 2.23. The van der Waals surface area contributed by atoms with Crippen LogP contribution in [0.2, 0.25) is 0 Å². The largest absolute Gasteiger partial charge is 0.298 e. The van der Waals surface area contributed by atoms with E-state index < -0.39 is 0 Å². The first kappa shape index (κ1) is 18.5. The van der Waals surface area contributed by atoms with Gasteiger partial charge in [0.15, 0.2) is 0 Å². The van der Waals surface area contributed by atoms with Crippen molar-refractivity contribution in [1.82, 2.24) is 4.90 Å². The summed E-state index contributed by atoms with van der Waals surface area (Å²) >= 11 is 0. The van der Waals surface area contributed by atoms with Crippen molar-refractivity contribution in [2.45, 2.75) is 46.6 Å². The van der Waals surface area contributed by atoms with Crippen molar-refractivity contribution in [2.24, 2.45) is 0 Å². The van der Waals surface area contributed by atoms with Crippen LogP contribution >= 0.6 is 0 Å². The molecule has 0 heterocycles. The van der Waals surface area contributed by atoms with Gasteiger partial charge >= 0.3 is 0 Å². The predicted octanol–water partition coefficient (Wildman–Crippen LogP) is 5.75. The molecular weight excluding hydrogens is 290 g/mol. The van der Waals surface area contributed by atoms with Crippen LogP contribution in [-0.2, 0) is 12.0 Å². The van der Waals surface area contributed by atoms with Gasteiger partial charge in [-0.15, -0.1) is 0 Å². The van der Waals surface area contributed by atoms with Crippen LogP contribution in [0.4, 0.5) is 0 Å². The molecule has 0 aliphatic carbocycles. The van der Waals surface area contributed by atoms with Crippen LogP contribution in [0.25, 0.3) is 5.57 Å². The van der Waals surface area contributed by atoms with E-state index in [-0.39, 0.29) is 5.41 Å². The quantitative estimate of drug-likeness (QED) is 0.678. The number of likely N-dealkylation sites (N-methyl/N-ethyl adjacent to an activating group) is 1. The van der Waals surface area contributed by atoms with E-state index in [2.05, 4.69) is 95.6 Å². The molecule has 2 aromatic carbocycles. The Balaban J connectivity index is 2.00. The molecular formula is C23H31N. The molecule has 0 fully saturated rings. The highest BCUT2D eigenvalue weighted by atomic mass is 15.1. The van der Waals surface area contributed by atoms with Crippen LogP contribution in [0, 0.1) is 13.8 Å². The second kappa shape index (κ2) is 7.36. The first-order valence-electron chi connectivity index (χ1n) is 8.70. The van der Waals surface area contributed by atoms with Gasteiger partial charge in [-0.3, -0.25) is 4.90 Å². The van der Waals surface area contributed by atoms with Crippen LogP contribution in [-0.4, -0.2) is 18.5 Å². The van der Waals surface area contributed by atoms with Crippen molar-refractivity contribution in [3.63, 3.8) is 0 Å². The number of nitrogens with zero attached hydrogens (tertiary/aromatic N) is 1. The lowest BCUT2D eigenvalue weighted by Crippen LogP contribution is -2.20. The van der Waals surface area contributed by atoms with E-state index in [1.54, 1.807) is 0 Å². The fourth-order valence-corrected chi connectivity index (χ4v) is 3.10. The van der Waals surface area contributed by atoms with Crippen molar-refractivity contribution < 1.29 is 0 Å².